The molecule has 0 aliphatic carbocycles. The summed E-state index contributed by atoms with van der Waals surface area (Å²) in [6.45, 7) is 6.47. The molecule has 0 aromatic carbocycles. The van der Waals surface area contributed by atoms with Gasteiger partial charge in [-0.1, -0.05) is 197 Å². The number of carbonyl (C=O) groups excluding carboxylic acids is 3. The van der Waals surface area contributed by atoms with Gasteiger partial charge in [0.1, 0.15) is 13.2 Å². The molecule has 0 aliphatic heterocycles. The maximum absolute atomic E-state index is 12.8. The highest BCUT2D eigenvalue weighted by Crippen LogP contribution is 2.14. The Hall–Kier alpha value is -2.89. The SMILES string of the molecule is CC/C=C\C/C=C\C/C=C\CCCCCCCC(=O)OC(COC(=O)CCCCCCC/C=C\C/C=C\CCCCCC)COC(=O)CCCCCCCCCCCC. The highest BCUT2D eigenvalue weighted by atomic mass is 16.6. The van der Waals surface area contributed by atoms with Crippen LogP contribution in [0.2, 0.25) is 0 Å². The standard InChI is InChI=1S/C53H92O6/c1-4-7-10-13-16-19-22-24-26-28-29-31-34-37-40-43-46-52(55)58-49-50(48-57-51(54)45-42-39-36-33-21-18-15-12-9-6-3)59-53(56)47-44-41-38-35-32-30-27-25-23-20-17-14-11-8-5-2/h8,11,17,19-20,22,25-28,50H,4-7,9-10,12-16,18,21,23-24,29-49H2,1-3H3/b11-8-,20-17-,22-19-,27-25-,28-26-. The molecule has 0 aromatic rings. The van der Waals surface area contributed by atoms with Crippen LogP contribution in [0, 0.1) is 0 Å². The van der Waals surface area contributed by atoms with Gasteiger partial charge in [-0.2, -0.15) is 0 Å². The molecule has 0 saturated heterocycles. The van der Waals surface area contributed by atoms with Crippen molar-refractivity contribution < 1.29 is 28.6 Å². The van der Waals surface area contributed by atoms with Crippen LogP contribution >= 0.6 is 0 Å². The van der Waals surface area contributed by atoms with Crippen molar-refractivity contribution in [1.29, 1.82) is 0 Å². The van der Waals surface area contributed by atoms with E-state index in [0.29, 0.717) is 19.3 Å². The van der Waals surface area contributed by atoms with Gasteiger partial charge in [-0.3, -0.25) is 14.4 Å². The number of unbranched alkanes of at least 4 members (excludes halogenated alkanes) is 23. The third-order valence-electron chi connectivity index (χ3n) is 10.5. The summed E-state index contributed by atoms with van der Waals surface area (Å²) >= 11 is 0. The normalized spacial score (nSPS) is 12.5. The number of carbonyl (C=O) groups is 3. The van der Waals surface area contributed by atoms with Crippen LogP contribution in [0.5, 0.6) is 0 Å². The number of hydrogen-bond acceptors (Lipinski definition) is 6. The molecule has 6 heteroatoms. The fourth-order valence-corrected chi connectivity index (χ4v) is 6.78. The van der Waals surface area contributed by atoms with Crippen molar-refractivity contribution >= 4 is 17.9 Å². The monoisotopic (exact) mass is 825 g/mol. The molecule has 0 aromatic heterocycles. The van der Waals surface area contributed by atoms with Crippen LogP contribution in [0.1, 0.15) is 239 Å². The first-order chi connectivity index (χ1) is 29.0. The van der Waals surface area contributed by atoms with Crippen molar-refractivity contribution in [3.63, 3.8) is 0 Å². The van der Waals surface area contributed by atoms with E-state index in [-0.39, 0.29) is 31.1 Å². The Morgan fingerprint density at radius 2 is 0.661 bits per heavy atom. The van der Waals surface area contributed by atoms with Gasteiger partial charge in [0, 0.05) is 19.3 Å². The van der Waals surface area contributed by atoms with E-state index in [1.165, 1.54) is 83.5 Å². The average molecular weight is 825 g/mol. The number of esters is 3. The molecule has 0 bridgehead atoms. The predicted molar refractivity (Wildman–Crippen MR) is 251 cm³/mol. The quantitative estimate of drug-likeness (QED) is 0.0263. The minimum atomic E-state index is -0.785. The van der Waals surface area contributed by atoms with E-state index < -0.39 is 6.10 Å². The van der Waals surface area contributed by atoms with E-state index in [1.807, 2.05) is 0 Å². The molecule has 0 rings (SSSR count). The van der Waals surface area contributed by atoms with Crippen LogP contribution in [0.15, 0.2) is 60.8 Å². The molecule has 0 heterocycles. The van der Waals surface area contributed by atoms with Gasteiger partial charge in [0.15, 0.2) is 6.10 Å². The summed E-state index contributed by atoms with van der Waals surface area (Å²) in [6.07, 6.45) is 57.7. The molecule has 340 valence electrons. The highest BCUT2D eigenvalue weighted by Gasteiger charge is 2.19. The van der Waals surface area contributed by atoms with E-state index in [4.69, 9.17) is 14.2 Å². The smallest absolute Gasteiger partial charge is 0.306 e. The van der Waals surface area contributed by atoms with Gasteiger partial charge in [-0.25, -0.2) is 0 Å². The van der Waals surface area contributed by atoms with Crippen LogP contribution < -0.4 is 0 Å². The van der Waals surface area contributed by atoms with Crippen molar-refractivity contribution in [2.75, 3.05) is 13.2 Å². The maximum Gasteiger partial charge on any atom is 0.306 e. The van der Waals surface area contributed by atoms with Gasteiger partial charge >= 0.3 is 17.9 Å². The zero-order valence-corrected chi connectivity index (χ0v) is 38.8. The number of hydrogen-bond donors (Lipinski definition) is 0. The van der Waals surface area contributed by atoms with Crippen LogP contribution in [0.4, 0.5) is 0 Å². The average Bonchev–Trinajstić information content (AvgIpc) is 3.23. The molecule has 6 nitrogen and oxygen atoms in total. The lowest BCUT2D eigenvalue weighted by Crippen LogP contribution is -2.30. The van der Waals surface area contributed by atoms with E-state index in [1.54, 1.807) is 0 Å². The molecule has 0 N–H and O–H groups in total. The van der Waals surface area contributed by atoms with Crippen LogP contribution in [-0.2, 0) is 28.6 Å². The Labute approximate surface area is 364 Å². The second kappa shape index (κ2) is 47.8. The third kappa shape index (κ3) is 46.0. The summed E-state index contributed by atoms with van der Waals surface area (Å²) in [7, 11) is 0. The van der Waals surface area contributed by atoms with Crippen molar-refractivity contribution in [3.8, 4) is 0 Å². The lowest BCUT2D eigenvalue weighted by molar-refractivity contribution is -0.167. The van der Waals surface area contributed by atoms with Crippen LogP contribution in [0.3, 0.4) is 0 Å². The first-order valence-corrected chi connectivity index (χ1v) is 24.8. The highest BCUT2D eigenvalue weighted by molar-refractivity contribution is 5.71. The zero-order valence-electron chi connectivity index (χ0n) is 38.8. The molecule has 0 aliphatic rings. The second-order valence-corrected chi connectivity index (χ2v) is 16.3. The summed E-state index contributed by atoms with van der Waals surface area (Å²) in [6, 6.07) is 0. The summed E-state index contributed by atoms with van der Waals surface area (Å²) in [5.41, 5.74) is 0. The molecule has 1 unspecified atom stereocenters. The molecule has 1 atom stereocenters. The van der Waals surface area contributed by atoms with E-state index in [2.05, 4.69) is 81.5 Å². The Balaban J connectivity index is 4.41. The molecule has 0 radical (unpaired) electrons. The van der Waals surface area contributed by atoms with Gasteiger partial charge in [0.25, 0.3) is 0 Å². The van der Waals surface area contributed by atoms with Crippen LogP contribution in [-0.4, -0.2) is 37.2 Å². The fraction of sp³-hybridized carbons (Fsp3) is 0.755. The van der Waals surface area contributed by atoms with Gasteiger partial charge in [0.2, 0.25) is 0 Å². The number of rotatable bonds is 44. The molecule has 0 amide bonds. The maximum atomic E-state index is 12.8. The third-order valence-corrected chi connectivity index (χ3v) is 10.5. The Kier molecular flexibility index (Phi) is 45.4. The summed E-state index contributed by atoms with van der Waals surface area (Å²) in [4.78, 5) is 37.9. The minimum absolute atomic E-state index is 0.0847. The Bertz CT molecular complexity index is 1090. The lowest BCUT2D eigenvalue weighted by Gasteiger charge is -2.18. The minimum Gasteiger partial charge on any atom is -0.462 e. The Morgan fingerprint density at radius 1 is 0.356 bits per heavy atom. The first-order valence-electron chi connectivity index (χ1n) is 24.8. The van der Waals surface area contributed by atoms with Crippen molar-refractivity contribution in [2.45, 2.75) is 245 Å². The van der Waals surface area contributed by atoms with Crippen LogP contribution in [0.25, 0.3) is 0 Å². The van der Waals surface area contributed by atoms with Crippen molar-refractivity contribution in [2.24, 2.45) is 0 Å². The summed E-state index contributed by atoms with van der Waals surface area (Å²) < 4.78 is 16.7. The first kappa shape index (κ1) is 56.1. The molecule has 59 heavy (non-hydrogen) atoms. The zero-order chi connectivity index (χ0) is 43.0. The largest absolute Gasteiger partial charge is 0.462 e. The van der Waals surface area contributed by atoms with Gasteiger partial charge in [0.05, 0.1) is 0 Å². The van der Waals surface area contributed by atoms with Gasteiger partial charge in [-0.15, -0.1) is 0 Å². The molecule has 0 spiro atoms. The van der Waals surface area contributed by atoms with Gasteiger partial charge < -0.3 is 14.2 Å². The Morgan fingerprint density at radius 3 is 1.05 bits per heavy atom. The lowest BCUT2D eigenvalue weighted by atomic mass is 10.1. The molecular weight excluding hydrogens is 733 g/mol. The topological polar surface area (TPSA) is 78.9 Å². The fourth-order valence-electron chi connectivity index (χ4n) is 6.78. The number of allylic oxidation sites excluding steroid dienone is 10. The van der Waals surface area contributed by atoms with E-state index in [9.17, 15) is 14.4 Å². The summed E-state index contributed by atoms with van der Waals surface area (Å²) in [5.74, 6) is -0.916. The molecule has 0 fully saturated rings. The predicted octanol–water partition coefficient (Wildman–Crippen LogP) is 16.1. The van der Waals surface area contributed by atoms with E-state index in [0.717, 1.165) is 116 Å². The molecular formula is C53H92O6. The van der Waals surface area contributed by atoms with Crippen molar-refractivity contribution in [3.05, 3.63) is 60.8 Å². The van der Waals surface area contributed by atoms with Gasteiger partial charge in [-0.05, 0) is 83.5 Å². The molecule has 0 saturated carbocycles. The van der Waals surface area contributed by atoms with E-state index >= 15 is 0 Å². The summed E-state index contributed by atoms with van der Waals surface area (Å²) in [5, 5.41) is 0. The van der Waals surface area contributed by atoms with Crippen molar-refractivity contribution in [1.82, 2.24) is 0 Å². The second-order valence-electron chi connectivity index (χ2n) is 16.3. The number of ether oxygens (including phenoxy) is 3.